The summed E-state index contributed by atoms with van der Waals surface area (Å²) >= 11 is 0. The second-order valence-corrected chi connectivity index (χ2v) is 10.9. The number of ether oxygens (including phenoxy) is 1. The molecule has 6 nitrogen and oxygen atoms in total. The van der Waals surface area contributed by atoms with Crippen molar-refractivity contribution in [1.29, 1.82) is 0 Å². The van der Waals surface area contributed by atoms with Crippen LogP contribution in [0.3, 0.4) is 0 Å². The van der Waals surface area contributed by atoms with Crippen LogP contribution in [0.1, 0.15) is 66.7 Å². The second-order valence-electron chi connectivity index (χ2n) is 10.9. The Hall–Kier alpha value is -1.99. The van der Waals surface area contributed by atoms with Gasteiger partial charge in [-0.2, -0.15) is 0 Å². The normalized spacial score (nSPS) is 39.5. The van der Waals surface area contributed by atoms with E-state index in [0.717, 1.165) is 12.8 Å². The minimum Gasteiger partial charge on any atom is -0.458 e. The number of carbonyl (C=O) groups is 1. The van der Waals surface area contributed by atoms with Crippen molar-refractivity contribution >= 4 is 5.97 Å². The molecule has 0 aromatic heterocycles. The van der Waals surface area contributed by atoms with Gasteiger partial charge in [-0.3, -0.25) is 0 Å². The Bertz CT molecular complexity index is 785. The molecular weight excluding hydrogens is 468 g/mol. The van der Waals surface area contributed by atoms with Crippen molar-refractivity contribution in [2.45, 2.75) is 97.2 Å². The average Bonchev–Trinajstić information content (AvgIpc) is 2.85. The third-order valence-electron chi connectivity index (χ3n) is 7.34. The summed E-state index contributed by atoms with van der Waals surface area (Å²) in [6.07, 6.45) is 14.5. The molecule has 0 radical (unpaired) electrons. The molecule has 0 amide bonds. The van der Waals surface area contributed by atoms with E-state index in [4.69, 9.17) is 4.74 Å². The molecule has 1 aliphatic rings. The van der Waals surface area contributed by atoms with Gasteiger partial charge >= 0.3 is 5.97 Å². The molecule has 210 valence electrons. The van der Waals surface area contributed by atoms with Gasteiger partial charge in [0.25, 0.3) is 0 Å². The zero-order valence-corrected chi connectivity index (χ0v) is 23.3. The Kier molecular flexibility index (Phi) is 15.6. The first-order valence-electron chi connectivity index (χ1n) is 13.7. The van der Waals surface area contributed by atoms with Gasteiger partial charge in [0.15, 0.2) is 0 Å². The fourth-order valence-electron chi connectivity index (χ4n) is 4.90. The largest absolute Gasteiger partial charge is 0.458 e. The highest BCUT2D eigenvalue weighted by Crippen LogP contribution is 2.28. The van der Waals surface area contributed by atoms with Crippen LogP contribution in [0.2, 0.25) is 0 Å². The Balaban J connectivity index is 3.10. The van der Waals surface area contributed by atoms with Crippen molar-refractivity contribution in [2.75, 3.05) is 0 Å². The zero-order chi connectivity index (χ0) is 28.0. The molecule has 4 N–H and O–H groups in total. The first-order chi connectivity index (χ1) is 17.5. The Morgan fingerprint density at radius 3 is 2.41 bits per heavy atom. The number of esters is 1. The number of hydrogen-bond acceptors (Lipinski definition) is 6. The summed E-state index contributed by atoms with van der Waals surface area (Å²) in [4.78, 5) is 12.5. The van der Waals surface area contributed by atoms with E-state index < -0.39 is 36.5 Å². The molecule has 1 rings (SSSR count). The van der Waals surface area contributed by atoms with Crippen LogP contribution in [0.5, 0.6) is 0 Å². The van der Waals surface area contributed by atoms with Crippen LogP contribution in [0, 0.1) is 29.6 Å². The maximum absolute atomic E-state index is 12.5. The zero-order valence-electron chi connectivity index (χ0n) is 23.3. The van der Waals surface area contributed by atoms with Gasteiger partial charge in [0.05, 0.1) is 24.4 Å². The van der Waals surface area contributed by atoms with E-state index in [1.54, 1.807) is 30.4 Å². The standard InChI is InChI=1S/C31H50O6/c1-7-8-12-23(4)31-25(6)28(34)18-15-21(2)19-24(5)30(36)22(3)16-17-27(33)20-26(32)13-10-9-11-14-29(35)37-31/h7-12,14,16-17,21-28,30-34,36H,1,13,15,18-20H2,2-6H3/b10-9+,12-8-,14-11-,17-16-/t21?,22-,23-,24-,25-,26?,27+,28?,30-,31-/m0/s1. The molecule has 1 heterocycles. The average molecular weight is 519 g/mol. The molecule has 0 bridgehead atoms. The van der Waals surface area contributed by atoms with Gasteiger partial charge in [0.1, 0.15) is 6.10 Å². The lowest BCUT2D eigenvalue weighted by atomic mass is 9.82. The maximum atomic E-state index is 12.5. The van der Waals surface area contributed by atoms with E-state index in [2.05, 4.69) is 13.5 Å². The summed E-state index contributed by atoms with van der Waals surface area (Å²) < 4.78 is 5.78. The smallest absolute Gasteiger partial charge is 0.331 e. The topological polar surface area (TPSA) is 107 Å². The lowest BCUT2D eigenvalue weighted by Crippen LogP contribution is -2.37. The number of allylic oxidation sites excluding steroid dienone is 4. The first kappa shape index (κ1) is 33.0. The predicted octanol–water partition coefficient (Wildman–Crippen LogP) is 4.90. The van der Waals surface area contributed by atoms with Gasteiger partial charge in [0.2, 0.25) is 0 Å². The van der Waals surface area contributed by atoms with E-state index in [9.17, 15) is 25.2 Å². The highest BCUT2D eigenvalue weighted by Gasteiger charge is 2.31. The van der Waals surface area contributed by atoms with Crippen molar-refractivity contribution in [1.82, 2.24) is 0 Å². The Labute approximate surface area is 224 Å². The van der Waals surface area contributed by atoms with Gasteiger partial charge in [-0.05, 0) is 37.5 Å². The summed E-state index contributed by atoms with van der Waals surface area (Å²) in [6, 6.07) is 0. The van der Waals surface area contributed by atoms with Crippen LogP contribution in [0.25, 0.3) is 0 Å². The van der Waals surface area contributed by atoms with E-state index in [1.165, 1.54) is 6.08 Å². The third-order valence-corrected chi connectivity index (χ3v) is 7.34. The number of carbonyl (C=O) groups excluding carboxylic acids is 1. The van der Waals surface area contributed by atoms with Gasteiger partial charge in [-0.1, -0.05) is 89.8 Å². The number of aliphatic hydroxyl groups excluding tert-OH is 4. The van der Waals surface area contributed by atoms with Crippen LogP contribution in [-0.4, -0.2) is 56.9 Å². The molecule has 37 heavy (non-hydrogen) atoms. The summed E-state index contributed by atoms with van der Waals surface area (Å²) in [7, 11) is 0. The molecule has 0 spiro atoms. The Morgan fingerprint density at radius 1 is 1.03 bits per heavy atom. The second kappa shape index (κ2) is 17.5. The quantitative estimate of drug-likeness (QED) is 0.241. The van der Waals surface area contributed by atoms with Crippen LogP contribution in [0.15, 0.2) is 61.3 Å². The molecule has 0 saturated heterocycles. The summed E-state index contributed by atoms with van der Waals surface area (Å²) in [5, 5.41) is 42.2. The summed E-state index contributed by atoms with van der Waals surface area (Å²) in [5.41, 5.74) is 0. The molecule has 6 heteroatoms. The molecule has 0 aromatic carbocycles. The molecule has 0 aromatic rings. The third kappa shape index (κ3) is 12.9. The van der Waals surface area contributed by atoms with Crippen molar-refractivity contribution in [3.63, 3.8) is 0 Å². The van der Waals surface area contributed by atoms with Crippen LogP contribution < -0.4 is 0 Å². The molecule has 0 saturated carbocycles. The molecule has 0 fully saturated rings. The SMILES string of the molecule is C=C/C=C\[C@H](C)[C@@H]1OC(=O)/C=C\C=C\CC(O)C[C@H](O)/C=C\[C@H](C)[C@H](O)[C@@H](C)CC(C)CCC(O)[C@@H]1C. The minimum atomic E-state index is -0.812. The fourth-order valence-corrected chi connectivity index (χ4v) is 4.90. The van der Waals surface area contributed by atoms with Crippen molar-refractivity contribution in [2.24, 2.45) is 29.6 Å². The number of aliphatic hydroxyl groups is 4. The number of hydrogen-bond donors (Lipinski definition) is 4. The van der Waals surface area contributed by atoms with Gasteiger partial charge in [-0.15, -0.1) is 0 Å². The predicted molar refractivity (Wildman–Crippen MR) is 150 cm³/mol. The first-order valence-corrected chi connectivity index (χ1v) is 13.7. The van der Waals surface area contributed by atoms with E-state index in [-0.39, 0.29) is 36.0 Å². The number of rotatable bonds is 3. The molecular formula is C31H50O6. The monoisotopic (exact) mass is 518 g/mol. The van der Waals surface area contributed by atoms with E-state index in [1.807, 2.05) is 45.9 Å². The lowest BCUT2D eigenvalue weighted by molar-refractivity contribution is -0.150. The maximum Gasteiger partial charge on any atom is 0.331 e. The number of cyclic esters (lactones) is 1. The van der Waals surface area contributed by atoms with Crippen molar-refractivity contribution < 1.29 is 30.0 Å². The van der Waals surface area contributed by atoms with Crippen molar-refractivity contribution in [3.05, 3.63) is 61.3 Å². The van der Waals surface area contributed by atoms with Crippen LogP contribution in [0.4, 0.5) is 0 Å². The fraction of sp³-hybridized carbons (Fsp3) is 0.645. The summed E-state index contributed by atoms with van der Waals surface area (Å²) in [6.45, 7) is 13.6. The molecule has 10 atom stereocenters. The van der Waals surface area contributed by atoms with E-state index in [0.29, 0.717) is 12.8 Å². The highest BCUT2D eigenvalue weighted by molar-refractivity contribution is 5.82. The van der Waals surface area contributed by atoms with Crippen LogP contribution in [-0.2, 0) is 9.53 Å². The molecule has 0 aliphatic carbocycles. The highest BCUT2D eigenvalue weighted by atomic mass is 16.5. The van der Waals surface area contributed by atoms with Crippen molar-refractivity contribution in [3.8, 4) is 0 Å². The van der Waals surface area contributed by atoms with Crippen LogP contribution >= 0.6 is 0 Å². The van der Waals surface area contributed by atoms with E-state index >= 15 is 0 Å². The van der Waals surface area contributed by atoms with Gasteiger partial charge in [0, 0.05) is 30.3 Å². The summed E-state index contributed by atoms with van der Waals surface area (Å²) in [5.74, 6) is -0.708. The molecule has 3 unspecified atom stereocenters. The Morgan fingerprint density at radius 2 is 1.73 bits per heavy atom. The minimum absolute atomic E-state index is 0.0412. The molecule has 1 aliphatic heterocycles. The van der Waals surface area contributed by atoms with Gasteiger partial charge < -0.3 is 25.2 Å². The van der Waals surface area contributed by atoms with Gasteiger partial charge in [-0.25, -0.2) is 4.79 Å². The lowest BCUT2D eigenvalue weighted by Gasteiger charge is -2.31.